The van der Waals surface area contributed by atoms with E-state index < -0.39 is 0 Å². The number of hydroxylamine groups is 1. The number of amidine groups is 1. The molecule has 0 aliphatic heterocycles. The minimum absolute atomic E-state index is 0.0863. The van der Waals surface area contributed by atoms with Crippen LogP contribution in [0.25, 0.3) is 0 Å². The highest BCUT2D eigenvalue weighted by molar-refractivity contribution is 5.96. The molecule has 0 spiro atoms. The molecular weight excluding hydrogens is 470 g/mol. The molecule has 4 rings (SSSR count). The van der Waals surface area contributed by atoms with Crippen LogP contribution < -0.4 is 31.7 Å². The van der Waals surface area contributed by atoms with Crippen molar-refractivity contribution < 1.29 is 19.5 Å². The average Bonchev–Trinajstić information content (AvgIpc) is 2.93. The lowest BCUT2D eigenvalue weighted by molar-refractivity contribution is 0.0925. The average molecular weight is 504 g/mol. The molecule has 0 unspecified atom stereocenters. The van der Waals surface area contributed by atoms with Crippen molar-refractivity contribution >= 4 is 11.7 Å². The van der Waals surface area contributed by atoms with E-state index in [1.54, 1.807) is 42.5 Å². The number of amides is 1. The lowest BCUT2D eigenvalue weighted by atomic mass is 9.91. The first kappa shape index (κ1) is 26.2. The topological polar surface area (TPSA) is 156 Å². The molecular formula is C28H33N5O4. The van der Waals surface area contributed by atoms with Gasteiger partial charge in [0.05, 0.1) is 0 Å². The number of carbonyl (C=O) groups is 1. The lowest BCUT2D eigenvalue weighted by Crippen LogP contribution is -2.40. The number of carbonyl (C=O) groups excluding carboxylic acids is 1. The van der Waals surface area contributed by atoms with Crippen molar-refractivity contribution in [1.29, 1.82) is 5.41 Å². The summed E-state index contributed by atoms with van der Waals surface area (Å²) in [6.45, 7) is 0.754. The largest absolute Gasteiger partial charge is 0.489 e. The van der Waals surface area contributed by atoms with E-state index >= 15 is 0 Å². The van der Waals surface area contributed by atoms with Gasteiger partial charge in [-0.3, -0.25) is 20.9 Å². The van der Waals surface area contributed by atoms with Crippen LogP contribution >= 0.6 is 0 Å². The van der Waals surface area contributed by atoms with Crippen LogP contribution in [0, 0.1) is 5.41 Å². The number of benzene rings is 3. The van der Waals surface area contributed by atoms with Crippen molar-refractivity contribution in [2.24, 2.45) is 11.5 Å². The first-order valence-corrected chi connectivity index (χ1v) is 12.3. The van der Waals surface area contributed by atoms with Gasteiger partial charge in [-0.1, -0.05) is 24.3 Å². The molecule has 1 aliphatic carbocycles. The standard InChI is InChI=1S/C28H33N5O4/c29-16-18-2-1-3-19(12-18)17-36-25-13-21(28(34)32-23-8-6-22(30)7-9-23)14-26(15-25)37-24-10-4-20(5-11-24)27(31)33-35/h1-5,10-15,22-23,35H,6-9,16-17,29-30H2,(H2,31,33)(H,32,34). The van der Waals surface area contributed by atoms with Gasteiger partial charge in [-0.25, -0.2) is 0 Å². The Morgan fingerprint density at radius 1 is 0.919 bits per heavy atom. The van der Waals surface area contributed by atoms with Crippen LogP contribution in [0.15, 0.2) is 66.7 Å². The summed E-state index contributed by atoms with van der Waals surface area (Å²) < 4.78 is 12.1. The molecule has 3 aromatic rings. The molecule has 0 radical (unpaired) electrons. The van der Waals surface area contributed by atoms with Crippen molar-refractivity contribution in [1.82, 2.24) is 10.8 Å². The quantitative estimate of drug-likeness (QED) is 0.147. The van der Waals surface area contributed by atoms with Crippen molar-refractivity contribution in [3.05, 3.63) is 89.0 Å². The lowest BCUT2D eigenvalue weighted by Gasteiger charge is -2.26. The van der Waals surface area contributed by atoms with Gasteiger partial charge in [-0.05, 0) is 73.2 Å². The monoisotopic (exact) mass is 503 g/mol. The summed E-state index contributed by atoms with van der Waals surface area (Å²) >= 11 is 0. The Kier molecular flexibility index (Phi) is 8.73. The second-order valence-corrected chi connectivity index (χ2v) is 9.20. The molecule has 1 fully saturated rings. The van der Waals surface area contributed by atoms with E-state index in [0.29, 0.717) is 41.5 Å². The number of hydrogen-bond acceptors (Lipinski definition) is 7. The Morgan fingerprint density at radius 2 is 1.62 bits per heavy atom. The summed E-state index contributed by atoms with van der Waals surface area (Å²) in [6, 6.07) is 19.9. The summed E-state index contributed by atoms with van der Waals surface area (Å²) in [6.07, 6.45) is 3.50. The van der Waals surface area contributed by atoms with Crippen molar-refractivity contribution in [3.63, 3.8) is 0 Å². The molecule has 3 aromatic carbocycles. The van der Waals surface area contributed by atoms with Gasteiger partial charge >= 0.3 is 0 Å². The van der Waals surface area contributed by atoms with Crippen LogP contribution in [0.4, 0.5) is 0 Å². The smallest absolute Gasteiger partial charge is 0.251 e. The van der Waals surface area contributed by atoms with Gasteiger partial charge in [-0.2, -0.15) is 0 Å². The predicted molar refractivity (Wildman–Crippen MR) is 141 cm³/mol. The van der Waals surface area contributed by atoms with Crippen LogP contribution in [0.5, 0.6) is 17.2 Å². The van der Waals surface area contributed by atoms with Crippen molar-refractivity contribution in [2.75, 3.05) is 0 Å². The summed E-state index contributed by atoms with van der Waals surface area (Å²) in [4.78, 5) is 13.1. The van der Waals surface area contributed by atoms with E-state index in [1.165, 1.54) is 0 Å². The highest BCUT2D eigenvalue weighted by Crippen LogP contribution is 2.29. The van der Waals surface area contributed by atoms with Crippen LogP contribution in [0.3, 0.4) is 0 Å². The summed E-state index contributed by atoms with van der Waals surface area (Å²) in [7, 11) is 0. The molecule has 9 heteroatoms. The van der Waals surface area contributed by atoms with Crippen LogP contribution in [-0.2, 0) is 13.2 Å². The second-order valence-electron chi connectivity index (χ2n) is 9.20. The van der Waals surface area contributed by atoms with Gasteiger partial charge in [0.25, 0.3) is 5.91 Å². The second kappa shape index (κ2) is 12.4. The molecule has 37 heavy (non-hydrogen) atoms. The fourth-order valence-electron chi connectivity index (χ4n) is 4.28. The number of nitrogens with two attached hydrogens (primary N) is 2. The Labute approximate surface area is 216 Å². The molecule has 0 saturated heterocycles. The zero-order valence-electron chi connectivity index (χ0n) is 20.6. The molecule has 1 saturated carbocycles. The third-order valence-electron chi connectivity index (χ3n) is 6.37. The fourth-order valence-corrected chi connectivity index (χ4v) is 4.28. The fraction of sp³-hybridized carbons (Fsp3) is 0.286. The Balaban J connectivity index is 1.54. The van der Waals surface area contributed by atoms with Crippen molar-refractivity contribution in [3.8, 4) is 17.2 Å². The van der Waals surface area contributed by atoms with E-state index in [-0.39, 0.29) is 23.8 Å². The van der Waals surface area contributed by atoms with E-state index in [2.05, 4.69) is 5.32 Å². The van der Waals surface area contributed by atoms with Crippen molar-refractivity contribution in [2.45, 2.75) is 50.9 Å². The minimum atomic E-state index is -0.196. The maximum Gasteiger partial charge on any atom is 0.251 e. The molecule has 0 atom stereocenters. The molecule has 0 heterocycles. The first-order valence-electron chi connectivity index (χ1n) is 12.3. The molecule has 0 bridgehead atoms. The van der Waals surface area contributed by atoms with Gasteiger partial charge < -0.3 is 26.3 Å². The van der Waals surface area contributed by atoms with Crippen LogP contribution in [0.2, 0.25) is 0 Å². The maximum atomic E-state index is 13.1. The Morgan fingerprint density at radius 3 is 2.32 bits per heavy atom. The maximum absolute atomic E-state index is 13.1. The molecule has 194 valence electrons. The van der Waals surface area contributed by atoms with E-state index in [1.807, 2.05) is 29.7 Å². The minimum Gasteiger partial charge on any atom is -0.489 e. The predicted octanol–water partition coefficient (Wildman–Crippen LogP) is 3.82. The summed E-state index contributed by atoms with van der Waals surface area (Å²) in [5, 5.41) is 19.7. The van der Waals surface area contributed by atoms with E-state index in [0.717, 1.165) is 36.8 Å². The first-order chi connectivity index (χ1) is 17.9. The SMILES string of the molecule is N=C(NO)c1ccc(Oc2cc(OCc3cccc(CN)c3)cc(C(=O)NC3CCC(N)CC3)c2)cc1. The van der Waals surface area contributed by atoms with E-state index in [4.69, 9.17) is 31.6 Å². The zero-order valence-corrected chi connectivity index (χ0v) is 20.6. The highest BCUT2D eigenvalue weighted by Gasteiger charge is 2.21. The molecule has 1 aliphatic rings. The number of ether oxygens (including phenoxy) is 2. The normalized spacial score (nSPS) is 17.1. The molecule has 0 aromatic heterocycles. The van der Waals surface area contributed by atoms with Gasteiger partial charge in [0.2, 0.25) is 0 Å². The number of rotatable bonds is 9. The zero-order chi connectivity index (χ0) is 26.2. The molecule has 1 amide bonds. The van der Waals surface area contributed by atoms with E-state index in [9.17, 15) is 4.79 Å². The van der Waals surface area contributed by atoms with Gasteiger partial charge in [0.15, 0.2) is 0 Å². The van der Waals surface area contributed by atoms with Crippen LogP contribution in [0.1, 0.15) is 52.7 Å². The third kappa shape index (κ3) is 7.29. The van der Waals surface area contributed by atoms with Crippen LogP contribution in [-0.4, -0.2) is 29.0 Å². The van der Waals surface area contributed by atoms with Gasteiger partial charge in [0.1, 0.15) is 29.7 Å². The number of hydrogen-bond donors (Lipinski definition) is 6. The molecule has 8 N–H and O–H groups in total. The molecule has 9 nitrogen and oxygen atoms in total. The summed E-state index contributed by atoms with van der Waals surface area (Å²) in [5.74, 6) is 1.12. The highest BCUT2D eigenvalue weighted by atomic mass is 16.5. The third-order valence-corrected chi connectivity index (χ3v) is 6.37. The van der Waals surface area contributed by atoms with Gasteiger partial charge in [-0.15, -0.1) is 0 Å². The number of nitrogens with one attached hydrogen (secondary N) is 3. The Hall–Kier alpha value is -3.92. The summed E-state index contributed by atoms with van der Waals surface area (Å²) in [5.41, 5.74) is 16.5. The Bertz CT molecular complexity index is 1220. The van der Waals surface area contributed by atoms with Gasteiger partial charge in [0, 0.05) is 35.8 Å².